The Labute approximate surface area is 177 Å². The Bertz CT molecular complexity index is 1180. The first-order chi connectivity index (χ1) is 14.9. The molecule has 3 aromatic rings. The molecule has 9 nitrogen and oxygen atoms in total. The zero-order valence-electron chi connectivity index (χ0n) is 16.7. The van der Waals surface area contributed by atoms with Gasteiger partial charge in [-0.05, 0) is 48.1 Å². The number of nitrogens with zero attached hydrogens (tertiary/aromatic N) is 3. The molecule has 1 aliphatic rings. The first-order valence-electron chi connectivity index (χ1n) is 9.76. The number of carbonyl (C=O) groups is 3. The molecule has 3 atom stereocenters. The van der Waals surface area contributed by atoms with Crippen molar-refractivity contribution in [3.63, 3.8) is 0 Å². The van der Waals surface area contributed by atoms with Crippen molar-refractivity contribution in [1.29, 1.82) is 0 Å². The van der Waals surface area contributed by atoms with Crippen molar-refractivity contribution >= 4 is 34.5 Å². The molecule has 1 aliphatic heterocycles. The number of aromatic nitrogens is 2. The van der Waals surface area contributed by atoms with Crippen LogP contribution < -0.4 is 11.1 Å². The molecule has 3 heterocycles. The van der Waals surface area contributed by atoms with Gasteiger partial charge in [0.05, 0.1) is 12.0 Å². The van der Waals surface area contributed by atoms with Crippen LogP contribution >= 0.6 is 0 Å². The molecule has 0 spiro atoms. The number of β-lactam (4-membered cyclic amide) rings is 1. The highest BCUT2D eigenvalue weighted by Crippen LogP contribution is 2.31. The number of anilines is 1. The molecule has 0 aliphatic carbocycles. The number of fused-ring (bicyclic) bond motifs is 1. The van der Waals surface area contributed by atoms with Crippen molar-refractivity contribution in [2.24, 2.45) is 5.92 Å². The second kappa shape index (κ2) is 8.02. The van der Waals surface area contributed by atoms with E-state index in [9.17, 15) is 19.5 Å². The molecule has 0 bridgehead atoms. The molecule has 2 aromatic heterocycles. The molecule has 158 valence electrons. The summed E-state index contributed by atoms with van der Waals surface area (Å²) in [6.45, 7) is 1.77. The number of hydrogen-bond acceptors (Lipinski definition) is 6. The predicted molar refractivity (Wildman–Crippen MR) is 113 cm³/mol. The van der Waals surface area contributed by atoms with Crippen LogP contribution in [-0.4, -0.2) is 43.9 Å². The first kappa shape index (κ1) is 20.3. The fourth-order valence-electron chi connectivity index (χ4n) is 3.98. The number of rotatable bonds is 5. The minimum absolute atomic E-state index is 0.164. The number of pyridine rings is 2. The molecule has 4 N–H and O–H groups in total. The van der Waals surface area contributed by atoms with Gasteiger partial charge in [-0.1, -0.05) is 18.2 Å². The van der Waals surface area contributed by atoms with Gasteiger partial charge in [0.2, 0.25) is 5.91 Å². The van der Waals surface area contributed by atoms with Crippen LogP contribution in [0.15, 0.2) is 55.0 Å². The van der Waals surface area contributed by atoms with E-state index < -0.39 is 35.9 Å². The molecule has 9 heteroatoms. The largest absolute Gasteiger partial charge is 0.480 e. The third-order valence-corrected chi connectivity index (χ3v) is 5.51. The number of likely N-dealkylation sites (tertiary alicyclic amines) is 1. The van der Waals surface area contributed by atoms with Gasteiger partial charge < -0.3 is 16.2 Å². The predicted octanol–water partition coefficient (Wildman–Crippen LogP) is 2.14. The summed E-state index contributed by atoms with van der Waals surface area (Å²) in [5.41, 5.74) is 7.17. The normalized spacial score (nSPS) is 19.0. The van der Waals surface area contributed by atoms with Gasteiger partial charge in [-0.3, -0.25) is 9.78 Å². The summed E-state index contributed by atoms with van der Waals surface area (Å²) >= 11 is 0. The molecular weight excluding hydrogens is 398 g/mol. The number of carbonyl (C=O) groups excluding carboxylic acids is 2. The van der Waals surface area contributed by atoms with Crippen LogP contribution in [0.5, 0.6) is 0 Å². The number of benzene rings is 1. The second-order valence-corrected chi connectivity index (χ2v) is 7.51. The minimum Gasteiger partial charge on any atom is -0.480 e. The summed E-state index contributed by atoms with van der Waals surface area (Å²) in [6, 6.07) is 8.34. The van der Waals surface area contributed by atoms with E-state index in [2.05, 4.69) is 15.3 Å². The zero-order valence-corrected chi connectivity index (χ0v) is 16.7. The lowest BCUT2D eigenvalue weighted by Gasteiger charge is -2.43. The van der Waals surface area contributed by atoms with Crippen LogP contribution in [0.2, 0.25) is 0 Å². The van der Waals surface area contributed by atoms with Crippen molar-refractivity contribution in [1.82, 2.24) is 20.2 Å². The molecule has 0 radical (unpaired) electrons. The van der Waals surface area contributed by atoms with Crippen LogP contribution in [0.4, 0.5) is 10.6 Å². The Morgan fingerprint density at radius 2 is 2.06 bits per heavy atom. The number of nitrogens with two attached hydrogens (primary N) is 1. The average molecular weight is 419 g/mol. The average Bonchev–Trinajstić information content (AvgIpc) is 2.74. The Morgan fingerprint density at radius 1 is 1.26 bits per heavy atom. The van der Waals surface area contributed by atoms with Crippen LogP contribution in [0.25, 0.3) is 10.8 Å². The first-order valence-corrected chi connectivity index (χ1v) is 9.76. The van der Waals surface area contributed by atoms with Gasteiger partial charge in [-0.2, -0.15) is 0 Å². The van der Waals surface area contributed by atoms with E-state index in [0.29, 0.717) is 5.56 Å². The molecule has 1 saturated heterocycles. The van der Waals surface area contributed by atoms with E-state index in [1.807, 2.05) is 24.3 Å². The third kappa shape index (κ3) is 3.77. The summed E-state index contributed by atoms with van der Waals surface area (Å²) < 4.78 is 0. The number of urea groups is 1. The SMILES string of the molecule is CC(NC(=O)N1C(=O)C(Cc2ccnc(N)c2)C1C(=O)O)c1cccc2ccncc12. The molecule has 3 unspecified atom stereocenters. The lowest BCUT2D eigenvalue weighted by molar-refractivity contribution is -0.165. The van der Waals surface area contributed by atoms with Gasteiger partial charge in [0, 0.05) is 24.0 Å². The molecule has 0 saturated carbocycles. The fourth-order valence-corrected chi connectivity index (χ4v) is 3.98. The highest BCUT2D eigenvalue weighted by atomic mass is 16.4. The fraction of sp³-hybridized carbons (Fsp3) is 0.227. The van der Waals surface area contributed by atoms with E-state index >= 15 is 0 Å². The van der Waals surface area contributed by atoms with Crippen molar-refractivity contribution in [3.8, 4) is 0 Å². The summed E-state index contributed by atoms with van der Waals surface area (Å²) in [6.07, 6.45) is 5.05. The number of carboxylic acid groups (broad SMARTS) is 1. The molecule has 1 aromatic carbocycles. The number of nitrogen functional groups attached to an aromatic ring is 1. The monoisotopic (exact) mass is 419 g/mol. The molecule has 1 fully saturated rings. The number of amides is 3. The second-order valence-electron chi connectivity index (χ2n) is 7.51. The van der Waals surface area contributed by atoms with Gasteiger partial charge in [0.15, 0.2) is 6.04 Å². The molecular formula is C22H21N5O4. The Kier molecular flexibility index (Phi) is 5.24. The minimum atomic E-state index is -1.25. The van der Waals surface area contributed by atoms with Gasteiger partial charge in [0.25, 0.3) is 0 Å². The van der Waals surface area contributed by atoms with Crippen molar-refractivity contribution < 1.29 is 19.5 Å². The van der Waals surface area contributed by atoms with Crippen LogP contribution in [0.3, 0.4) is 0 Å². The van der Waals surface area contributed by atoms with Gasteiger partial charge in [0.1, 0.15) is 5.82 Å². The van der Waals surface area contributed by atoms with E-state index in [4.69, 9.17) is 5.73 Å². The summed E-state index contributed by atoms with van der Waals surface area (Å²) in [5, 5.41) is 14.2. The van der Waals surface area contributed by atoms with Gasteiger partial charge >= 0.3 is 12.0 Å². The summed E-state index contributed by atoms with van der Waals surface area (Å²) in [4.78, 5) is 46.1. The number of aliphatic carboxylic acids is 1. The van der Waals surface area contributed by atoms with Crippen molar-refractivity contribution in [2.45, 2.75) is 25.4 Å². The van der Waals surface area contributed by atoms with E-state index in [-0.39, 0.29) is 12.2 Å². The summed E-state index contributed by atoms with van der Waals surface area (Å²) in [5.74, 6) is -2.33. The molecule has 3 amide bonds. The van der Waals surface area contributed by atoms with Crippen LogP contribution in [0, 0.1) is 5.92 Å². The van der Waals surface area contributed by atoms with E-state index in [0.717, 1.165) is 21.2 Å². The maximum absolute atomic E-state index is 12.8. The van der Waals surface area contributed by atoms with Crippen molar-refractivity contribution in [2.75, 3.05) is 5.73 Å². The smallest absolute Gasteiger partial charge is 0.327 e. The maximum Gasteiger partial charge on any atom is 0.327 e. The lowest BCUT2D eigenvalue weighted by Crippen LogP contribution is -2.68. The topological polar surface area (TPSA) is 139 Å². The third-order valence-electron chi connectivity index (χ3n) is 5.51. The zero-order chi connectivity index (χ0) is 22.1. The van der Waals surface area contributed by atoms with Gasteiger partial charge in [-0.25, -0.2) is 19.5 Å². The quantitative estimate of drug-likeness (QED) is 0.539. The standard InChI is InChI=1S/C22H21N5O4/c1-12(15-4-2-3-14-6-7-24-11-17(14)15)26-22(31)27-19(21(29)30)16(20(27)28)9-13-5-8-25-18(23)10-13/h2-8,10-12,16,19H,9H2,1H3,(H2,23,25)(H,26,31)(H,29,30). The number of hydrogen-bond donors (Lipinski definition) is 3. The maximum atomic E-state index is 12.8. The van der Waals surface area contributed by atoms with E-state index in [1.165, 1.54) is 6.20 Å². The highest BCUT2D eigenvalue weighted by molar-refractivity contribution is 6.07. The Balaban J connectivity index is 1.51. The van der Waals surface area contributed by atoms with Crippen molar-refractivity contribution in [3.05, 3.63) is 66.1 Å². The summed E-state index contributed by atoms with van der Waals surface area (Å²) in [7, 11) is 0. The highest BCUT2D eigenvalue weighted by Gasteiger charge is 2.54. The number of imide groups is 1. The molecule has 4 rings (SSSR count). The Hall–Kier alpha value is -4.01. The lowest BCUT2D eigenvalue weighted by atomic mass is 9.82. The van der Waals surface area contributed by atoms with Crippen LogP contribution in [-0.2, 0) is 16.0 Å². The number of nitrogens with one attached hydrogen (secondary N) is 1. The van der Waals surface area contributed by atoms with Crippen LogP contribution in [0.1, 0.15) is 24.1 Å². The number of carboxylic acids is 1. The Morgan fingerprint density at radius 3 is 2.81 bits per heavy atom. The van der Waals surface area contributed by atoms with Gasteiger partial charge in [-0.15, -0.1) is 0 Å². The van der Waals surface area contributed by atoms with E-state index in [1.54, 1.807) is 31.5 Å². The molecule has 31 heavy (non-hydrogen) atoms.